The molecule has 2 rings (SSSR count). The molecule has 2 aromatic carbocycles. The fourth-order valence-electron chi connectivity index (χ4n) is 2.28. The molecule has 2 heteroatoms. The number of halogens is 1. The predicted molar refractivity (Wildman–Crippen MR) is 89.0 cm³/mol. The van der Waals surface area contributed by atoms with Crippen LogP contribution < -0.4 is 4.74 Å². The molecule has 0 bridgehead atoms. The topological polar surface area (TPSA) is 9.23 Å². The van der Waals surface area contributed by atoms with Gasteiger partial charge in [0.15, 0.2) is 0 Å². The van der Waals surface area contributed by atoms with Crippen LogP contribution in [0.5, 0.6) is 5.75 Å². The van der Waals surface area contributed by atoms with E-state index < -0.39 is 0 Å². The van der Waals surface area contributed by atoms with E-state index in [-0.39, 0.29) is 4.83 Å². The maximum Gasteiger partial charge on any atom is 0.123 e. The number of hydrogen-bond acceptors (Lipinski definition) is 1. The molecule has 1 unspecified atom stereocenters. The number of aryl methyl sites for hydroxylation is 1. The van der Waals surface area contributed by atoms with Crippen molar-refractivity contribution in [2.75, 3.05) is 7.11 Å². The summed E-state index contributed by atoms with van der Waals surface area (Å²) in [7, 11) is 1.72. The van der Waals surface area contributed by atoms with Gasteiger partial charge in [0.05, 0.1) is 11.9 Å². The minimum absolute atomic E-state index is 0.151. The Morgan fingerprint density at radius 3 is 2.10 bits per heavy atom. The number of hydrogen-bond donors (Lipinski definition) is 0. The maximum atomic E-state index is 5.47. The van der Waals surface area contributed by atoms with Gasteiger partial charge in [0.1, 0.15) is 5.75 Å². The Kier molecular flexibility index (Phi) is 4.87. The van der Waals surface area contributed by atoms with Crippen molar-refractivity contribution in [2.24, 2.45) is 0 Å². The molecule has 0 saturated heterocycles. The van der Waals surface area contributed by atoms with Crippen LogP contribution in [0.2, 0.25) is 0 Å². The molecule has 0 saturated carbocycles. The average Bonchev–Trinajstić information content (AvgIpc) is 2.46. The first-order valence-corrected chi connectivity index (χ1v) is 7.83. The van der Waals surface area contributed by atoms with Gasteiger partial charge in [0.2, 0.25) is 0 Å². The number of methoxy groups -OCH3 is 1. The van der Waals surface area contributed by atoms with Crippen LogP contribution in [0, 0.1) is 6.92 Å². The quantitative estimate of drug-likeness (QED) is 0.661. The number of rotatable bonds is 4. The third kappa shape index (κ3) is 3.24. The first-order valence-electron chi connectivity index (χ1n) is 6.91. The highest BCUT2D eigenvalue weighted by molar-refractivity contribution is 9.09. The maximum absolute atomic E-state index is 5.47. The van der Waals surface area contributed by atoms with Crippen LogP contribution >= 0.6 is 15.9 Å². The predicted octanol–water partition coefficient (Wildman–Crippen LogP) is 5.61. The van der Waals surface area contributed by atoms with Gasteiger partial charge in [-0.1, -0.05) is 71.7 Å². The van der Waals surface area contributed by atoms with Gasteiger partial charge >= 0.3 is 0 Å². The molecule has 0 aliphatic heterocycles. The van der Waals surface area contributed by atoms with E-state index in [1.807, 2.05) is 6.07 Å². The summed E-state index contributed by atoms with van der Waals surface area (Å²) in [6, 6.07) is 15.1. The third-order valence-electron chi connectivity index (χ3n) is 3.55. The number of ether oxygens (including phenoxy) is 1. The van der Waals surface area contributed by atoms with Crippen LogP contribution in [-0.2, 0) is 0 Å². The lowest BCUT2D eigenvalue weighted by molar-refractivity contribution is 0.410. The van der Waals surface area contributed by atoms with Crippen LogP contribution in [0.1, 0.15) is 46.8 Å². The Labute approximate surface area is 130 Å². The smallest absolute Gasteiger partial charge is 0.123 e. The van der Waals surface area contributed by atoms with E-state index >= 15 is 0 Å². The summed E-state index contributed by atoms with van der Waals surface area (Å²) in [4.78, 5) is 0.151. The summed E-state index contributed by atoms with van der Waals surface area (Å²) in [5, 5.41) is 0. The third-order valence-corrected chi connectivity index (χ3v) is 4.58. The molecule has 1 atom stereocenters. The zero-order valence-electron chi connectivity index (χ0n) is 12.5. The molecular weight excluding hydrogens is 312 g/mol. The summed E-state index contributed by atoms with van der Waals surface area (Å²) in [6.07, 6.45) is 0. The van der Waals surface area contributed by atoms with Gasteiger partial charge in [0, 0.05) is 5.56 Å². The van der Waals surface area contributed by atoms with Crippen molar-refractivity contribution < 1.29 is 4.74 Å². The zero-order valence-corrected chi connectivity index (χ0v) is 14.1. The van der Waals surface area contributed by atoms with Crippen LogP contribution in [0.3, 0.4) is 0 Å². The second-order valence-corrected chi connectivity index (χ2v) is 6.35. The summed E-state index contributed by atoms with van der Waals surface area (Å²) >= 11 is 3.80. The molecule has 0 N–H and O–H groups in total. The summed E-state index contributed by atoms with van der Waals surface area (Å²) < 4.78 is 5.47. The SMILES string of the molecule is COc1ccc(C)cc1C(Br)c1ccc(C(C)C)cc1. The van der Waals surface area contributed by atoms with Gasteiger partial charge < -0.3 is 4.74 Å². The van der Waals surface area contributed by atoms with Crippen molar-refractivity contribution >= 4 is 15.9 Å². The van der Waals surface area contributed by atoms with E-state index in [0.717, 1.165) is 5.75 Å². The zero-order chi connectivity index (χ0) is 14.7. The van der Waals surface area contributed by atoms with Gasteiger partial charge in [-0.25, -0.2) is 0 Å². The minimum Gasteiger partial charge on any atom is -0.496 e. The van der Waals surface area contributed by atoms with Crippen molar-refractivity contribution in [1.82, 2.24) is 0 Å². The molecule has 0 aliphatic rings. The highest BCUT2D eigenvalue weighted by Crippen LogP contribution is 2.37. The highest BCUT2D eigenvalue weighted by Gasteiger charge is 2.15. The summed E-state index contributed by atoms with van der Waals surface area (Å²) in [5.41, 5.74) is 5.02. The van der Waals surface area contributed by atoms with Gasteiger partial charge in [-0.15, -0.1) is 0 Å². The van der Waals surface area contributed by atoms with Crippen molar-refractivity contribution in [3.63, 3.8) is 0 Å². The Hall–Kier alpha value is -1.28. The van der Waals surface area contributed by atoms with Crippen LogP contribution in [-0.4, -0.2) is 7.11 Å². The van der Waals surface area contributed by atoms with Crippen LogP contribution in [0.15, 0.2) is 42.5 Å². The number of alkyl halides is 1. The molecule has 0 aromatic heterocycles. The van der Waals surface area contributed by atoms with E-state index in [0.29, 0.717) is 5.92 Å². The lowest BCUT2D eigenvalue weighted by Crippen LogP contribution is -1.98. The van der Waals surface area contributed by atoms with Gasteiger partial charge in [0.25, 0.3) is 0 Å². The van der Waals surface area contributed by atoms with E-state index in [9.17, 15) is 0 Å². The number of benzene rings is 2. The highest BCUT2D eigenvalue weighted by atomic mass is 79.9. The molecule has 0 radical (unpaired) electrons. The molecular formula is C18H21BrO. The van der Waals surface area contributed by atoms with E-state index in [2.05, 4.69) is 73.1 Å². The Balaban J connectivity index is 2.35. The van der Waals surface area contributed by atoms with Crippen molar-refractivity contribution in [1.29, 1.82) is 0 Å². The minimum atomic E-state index is 0.151. The fourth-order valence-corrected chi connectivity index (χ4v) is 2.94. The molecule has 20 heavy (non-hydrogen) atoms. The van der Waals surface area contributed by atoms with E-state index in [1.54, 1.807) is 7.11 Å². The Morgan fingerprint density at radius 1 is 0.950 bits per heavy atom. The van der Waals surface area contributed by atoms with E-state index in [1.165, 1.54) is 22.3 Å². The average molecular weight is 333 g/mol. The Morgan fingerprint density at radius 2 is 1.55 bits per heavy atom. The summed E-state index contributed by atoms with van der Waals surface area (Å²) in [5.74, 6) is 1.48. The largest absolute Gasteiger partial charge is 0.496 e. The van der Waals surface area contributed by atoms with Crippen molar-refractivity contribution in [2.45, 2.75) is 31.5 Å². The second kappa shape index (κ2) is 6.45. The van der Waals surface area contributed by atoms with E-state index in [4.69, 9.17) is 4.74 Å². The molecule has 0 fully saturated rings. The Bertz CT molecular complexity index is 572. The van der Waals surface area contributed by atoms with Gasteiger partial charge in [-0.2, -0.15) is 0 Å². The fraction of sp³-hybridized carbons (Fsp3) is 0.333. The van der Waals surface area contributed by atoms with Crippen molar-refractivity contribution in [3.8, 4) is 5.75 Å². The van der Waals surface area contributed by atoms with Gasteiger partial charge in [-0.05, 0) is 30.0 Å². The van der Waals surface area contributed by atoms with Crippen LogP contribution in [0.25, 0.3) is 0 Å². The van der Waals surface area contributed by atoms with Crippen molar-refractivity contribution in [3.05, 3.63) is 64.7 Å². The lowest BCUT2D eigenvalue weighted by atomic mass is 9.98. The molecule has 0 spiro atoms. The molecule has 0 aliphatic carbocycles. The second-order valence-electron chi connectivity index (χ2n) is 5.43. The summed E-state index contributed by atoms with van der Waals surface area (Å²) in [6.45, 7) is 6.53. The monoisotopic (exact) mass is 332 g/mol. The van der Waals surface area contributed by atoms with Crippen LogP contribution in [0.4, 0.5) is 0 Å². The molecule has 0 amide bonds. The molecule has 2 aromatic rings. The van der Waals surface area contributed by atoms with Gasteiger partial charge in [-0.3, -0.25) is 0 Å². The molecule has 1 nitrogen and oxygen atoms in total. The molecule has 0 heterocycles. The normalized spacial score (nSPS) is 12.5. The standard InChI is InChI=1S/C18H21BrO/c1-12(2)14-6-8-15(9-7-14)18(19)16-11-13(3)5-10-17(16)20-4/h5-12,18H,1-4H3. The lowest BCUT2D eigenvalue weighted by Gasteiger charge is -2.16. The first-order chi connectivity index (χ1) is 9.52. The molecule has 106 valence electrons. The first kappa shape index (κ1) is 15.1.